The van der Waals surface area contributed by atoms with Crippen LogP contribution in [0.3, 0.4) is 0 Å². The van der Waals surface area contributed by atoms with Crippen LogP contribution >= 0.6 is 11.6 Å². The van der Waals surface area contributed by atoms with Gasteiger partial charge in [0.2, 0.25) is 0 Å². The molecule has 4 N–H and O–H groups in total. The van der Waals surface area contributed by atoms with E-state index in [0.717, 1.165) is 42.9 Å². The Morgan fingerprint density at radius 2 is 0.847 bits per heavy atom. The van der Waals surface area contributed by atoms with Gasteiger partial charge in [-0.2, -0.15) is 9.59 Å². The van der Waals surface area contributed by atoms with Crippen LogP contribution in [0.5, 0.6) is 0 Å². The number of quaternary nitrogens is 1. The van der Waals surface area contributed by atoms with Gasteiger partial charge < -0.3 is 15.7 Å². The predicted molar refractivity (Wildman–Crippen MR) is 237 cm³/mol. The zero-order valence-corrected chi connectivity index (χ0v) is 34.7. The van der Waals surface area contributed by atoms with Gasteiger partial charge in [-0.05, 0) is 59.3 Å². The van der Waals surface area contributed by atoms with Gasteiger partial charge >= 0.3 is 12.1 Å². The Hall–Kier alpha value is -5.66. The van der Waals surface area contributed by atoms with Crippen molar-refractivity contribution in [2.45, 2.75) is 43.0 Å². The van der Waals surface area contributed by atoms with E-state index in [1.165, 1.54) is 49.0 Å². The first-order valence-electron chi connectivity index (χ1n) is 20.4. The molecule has 0 radical (unpaired) electrons. The van der Waals surface area contributed by atoms with Crippen molar-refractivity contribution in [3.63, 3.8) is 0 Å². The fourth-order valence-electron chi connectivity index (χ4n) is 7.48. The highest BCUT2D eigenvalue weighted by atomic mass is 35.5. The van der Waals surface area contributed by atoms with E-state index >= 15 is 0 Å². The molecule has 0 aliphatic carbocycles. The molecule has 6 aromatic carbocycles. The number of carbonyl (C=O) groups excluding carboxylic acids is 2. The third-order valence-electron chi connectivity index (χ3n) is 10.3. The Balaban J connectivity index is 0.000000200. The molecular weight excluding hydrogens is 754 g/mol. The molecule has 0 bridgehead atoms. The zero-order valence-electron chi connectivity index (χ0n) is 34.0. The molecule has 2 saturated heterocycles. The first kappa shape index (κ1) is 46.0. The predicted octanol–water partition coefficient (Wildman–Crippen LogP) is 8.73. The van der Waals surface area contributed by atoms with Crippen molar-refractivity contribution in [2.24, 2.45) is 0 Å². The normalized spacial score (nSPS) is 13.7. The molecular formula is C51H57ClN3O4+. The van der Waals surface area contributed by atoms with Gasteiger partial charge in [-0.3, -0.25) is 9.69 Å². The summed E-state index contributed by atoms with van der Waals surface area (Å²) in [6.07, 6.45) is 4.69. The minimum Gasteiger partial charge on any atom is -0.481 e. The Morgan fingerprint density at radius 1 is 0.576 bits per heavy atom. The molecule has 2 fully saturated rings. The van der Waals surface area contributed by atoms with Crippen molar-refractivity contribution in [2.75, 3.05) is 39.3 Å². The number of carboxylic acid groups (broad SMARTS) is 1. The number of piperazine rings is 1. The average molecular weight is 811 g/mol. The van der Waals surface area contributed by atoms with E-state index in [-0.39, 0.29) is 18.1 Å². The Morgan fingerprint density at radius 3 is 1.07 bits per heavy atom. The van der Waals surface area contributed by atoms with E-state index in [1.54, 1.807) is 6.92 Å². The fraction of sp³-hybridized carbons (Fsp3) is 0.255. The summed E-state index contributed by atoms with van der Waals surface area (Å²) in [6.45, 7) is 8.56. The van der Waals surface area contributed by atoms with Crippen molar-refractivity contribution in [3.8, 4) is 0 Å². The minimum absolute atomic E-state index is 0.222. The topological polar surface area (TPSA) is 103 Å². The number of carbonyl (C=O) groups is 1. The van der Waals surface area contributed by atoms with Gasteiger partial charge in [0.25, 0.3) is 0 Å². The van der Waals surface area contributed by atoms with Gasteiger partial charge in [0.1, 0.15) is 4.87 Å². The number of halogens is 1. The molecule has 59 heavy (non-hydrogen) atoms. The molecule has 0 atom stereocenters. The van der Waals surface area contributed by atoms with E-state index in [2.05, 4.69) is 143 Å². The average Bonchev–Trinajstić information content (AvgIpc) is 3.33. The number of aliphatic carboxylic acids is 1. The highest BCUT2D eigenvalue weighted by molar-refractivity contribution is 6.28. The molecule has 8 rings (SSSR count). The van der Waals surface area contributed by atoms with Crippen LogP contribution in [0.1, 0.15) is 66.0 Å². The largest absolute Gasteiger partial charge is 0.481 e. The second-order valence-electron chi connectivity index (χ2n) is 14.1. The van der Waals surface area contributed by atoms with Gasteiger partial charge in [-0.15, -0.1) is 11.6 Å². The molecule has 6 aromatic rings. The van der Waals surface area contributed by atoms with E-state index in [1.807, 2.05) is 54.6 Å². The summed E-state index contributed by atoms with van der Waals surface area (Å²) in [5.74, 6) is -0.745. The van der Waals surface area contributed by atoms with Crippen LogP contribution in [-0.4, -0.2) is 61.4 Å². The van der Waals surface area contributed by atoms with E-state index in [0.29, 0.717) is 0 Å². The quantitative estimate of drug-likeness (QED) is 0.105. The molecule has 0 unspecified atom stereocenters. The Kier molecular flexibility index (Phi) is 20.0. The van der Waals surface area contributed by atoms with E-state index in [4.69, 9.17) is 26.3 Å². The monoisotopic (exact) mass is 810 g/mol. The summed E-state index contributed by atoms with van der Waals surface area (Å²) in [5.41, 5.74) is 7.04. The number of piperidine rings is 1. The van der Waals surface area contributed by atoms with Gasteiger partial charge in [0, 0.05) is 19.5 Å². The van der Waals surface area contributed by atoms with Gasteiger partial charge in [-0.25, -0.2) is 0 Å². The second-order valence-corrected chi connectivity index (χ2v) is 14.6. The molecule has 7 nitrogen and oxygen atoms in total. The summed E-state index contributed by atoms with van der Waals surface area (Å²) in [5, 5.41) is 13.4. The van der Waals surface area contributed by atoms with E-state index in [9.17, 15) is 4.79 Å². The molecule has 8 heteroatoms. The highest BCUT2D eigenvalue weighted by Gasteiger charge is 2.43. The number of nitrogens with two attached hydrogens (primary N) is 1. The van der Waals surface area contributed by atoms with Crippen molar-refractivity contribution in [1.29, 1.82) is 0 Å². The van der Waals surface area contributed by atoms with Crippen LogP contribution in [-0.2, 0) is 24.8 Å². The molecule has 0 saturated carbocycles. The molecule has 306 valence electrons. The van der Waals surface area contributed by atoms with Gasteiger partial charge in [0.15, 0.2) is 0 Å². The third-order valence-corrected chi connectivity index (χ3v) is 10.9. The van der Waals surface area contributed by atoms with Crippen molar-refractivity contribution < 1.29 is 24.8 Å². The molecule has 0 amide bonds. The minimum atomic E-state index is -0.745. The molecule has 2 aliphatic heterocycles. The van der Waals surface area contributed by atoms with Crippen molar-refractivity contribution in [1.82, 2.24) is 10.2 Å². The van der Waals surface area contributed by atoms with Crippen LogP contribution in [0.2, 0.25) is 0 Å². The summed E-state index contributed by atoms with van der Waals surface area (Å²) in [7, 11) is 0. The number of nitrogens with zero attached hydrogens (tertiary/aromatic N) is 1. The van der Waals surface area contributed by atoms with Crippen molar-refractivity contribution in [3.05, 3.63) is 215 Å². The first-order chi connectivity index (χ1) is 28.9. The van der Waals surface area contributed by atoms with Crippen LogP contribution in [0.25, 0.3) is 0 Å². The van der Waals surface area contributed by atoms with Gasteiger partial charge in [-0.1, -0.05) is 195 Å². The SMILES string of the molecule is C1CCNCC1.CCC(=O)O.ClC(c1ccccc1)(c1ccccc1)c1ccccc1.O=C=O.c1ccc(C(c2ccccc2)(c2ccccc2)N2CC[NH2+]CC2)cc1. The van der Waals surface area contributed by atoms with E-state index < -0.39 is 10.8 Å². The van der Waals surface area contributed by atoms with Crippen LogP contribution < -0.4 is 10.6 Å². The number of hydrogen-bond acceptors (Lipinski definition) is 5. The first-order valence-corrected chi connectivity index (χ1v) is 20.8. The number of carboxylic acids is 1. The van der Waals surface area contributed by atoms with Crippen LogP contribution in [0, 0.1) is 0 Å². The summed E-state index contributed by atoms with van der Waals surface area (Å²) >= 11 is 7.12. The highest BCUT2D eigenvalue weighted by Crippen LogP contribution is 2.43. The van der Waals surface area contributed by atoms with Gasteiger partial charge in [0.05, 0.1) is 18.6 Å². The number of hydrogen-bond donors (Lipinski definition) is 3. The summed E-state index contributed by atoms with van der Waals surface area (Å²) in [6, 6.07) is 63.6. The summed E-state index contributed by atoms with van der Waals surface area (Å²) < 4.78 is 0. The number of alkyl halides is 1. The molecule has 2 heterocycles. The lowest BCUT2D eigenvalue weighted by Gasteiger charge is -2.46. The Bertz CT molecular complexity index is 1840. The number of benzene rings is 6. The Labute approximate surface area is 355 Å². The third kappa shape index (κ3) is 13.2. The maximum atomic E-state index is 9.37. The standard InChI is InChI=1S/C23H24N2.C19H15Cl.C5H11N.C3H6O2.CO2/c1-4-10-20(11-5-1)23(21-12-6-2-7-13-21,22-14-8-3-9-15-22)25-18-16-24-17-19-25;20-19(16-10-4-1-5-11-16,17-12-6-2-7-13-17)18-14-8-3-9-15-18;1-2-4-6-5-3-1;1-2-3(4)5;2-1-3/h1-15,24H,16-19H2;1-15H;6H,1-5H2;2H2,1H3,(H,4,5);/p+1. The lowest BCUT2D eigenvalue weighted by molar-refractivity contribution is -0.664. The lowest BCUT2D eigenvalue weighted by atomic mass is 9.75. The van der Waals surface area contributed by atoms with Crippen molar-refractivity contribution >= 4 is 23.7 Å². The molecule has 2 aliphatic rings. The summed E-state index contributed by atoms with van der Waals surface area (Å²) in [4.78, 5) is 27.6. The van der Waals surface area contributed by atoms with Crippen LogP contribution in [0.4, 0.5) is 0 Å². The number of nitrogens with one attached hydrogen (secondary N) is 1. The zero-order chi connectivity index (χ0) is 42.0. The fourth-order valence-corrected chi connectivity index (χ4v) is 7.85. The maximum Gasteiger partial charge on any atom is 0.373 e. The lowest BCUT2D eigenvalue weighted by Crippen LogP contribution is -2.90. The number of rotatable bonds is 8. The molecule has 0 aromatic heterocycles. The maximum absolute atomic E-state index is 9.37. The second kappa shape index (κ2) is 25.6. The van der Waals surface area contributed by atoms with Crippen LogP contribution in [0.15, 0.2) is 182 Å². The molecule has 0 spiro atoms. The smallest absolute Gasteiger partial charge is 0.373 e.